The third kappa shape index (κ3) is 3.32. The van der Waals surface area contributed by atoms with Gasteiger partial charge in [0.2, 0.25) is 5.91 Å². The second-order valence-corrected chi connectivity index (χ2v) is 6.70. The van der Waals surface area contributed by atoms with Gasteiger partial charge in [0.25, 0.3) is 0 Å². The maximum absolute atomic E-state index is 11.3. The summed E-state index contributed by atoms with van der Waals surface area (Å²) in [5.41, 5.74) is 8.56. The molecule has 1 aromatic heterocycles. The number of methoxy groups -OCH3 is 1. The smallest absolute Gasteiger partial charge is 0.220 e. The lowest BCUT2D eigenvalue weighted by atomic mass is 9.97. The number of hydrogen-bond acceptors (Lipinski definition) is 5. The number of thiazole rings is 1. The van der Waals surface area contributed by atoms with E-state index < -0.39 is 0 Å². The van der Waals surface area contributed by atoms with Crippen LogP contribution in [0.15, 0.2) is 23.6 Å². The van der Waals surface area contributed by atoms with Gasteiger partial charge in [0.05, 0.1) is 12.8 Å². The average molecular weight is 331 g/mol. The van der Waals surface area contributed by atoms with Crippen LogP contribution in [0, 0.1) is 12.8 Å². The van der Waals surface area contributed by atoms with Gasteiger partial charge in [-0.2, -0.15) is 0 Å². The lowest BCUT2D eigenvalue weighted by molar-refractivity contribution is -0.122. The van der Waals surface area contributed by atoms with Crippen LogP contribution in [0.3, 0.4) is 0 Å². The van der Waals surface area contributed by atoms with Crippen LogP contribution in [0.2, 0.25) is 0 Å². The number of nitrogens with two attached hydrogens (primary N) is 1. The number of hydrogen-bond donors (Lipinski definition) is 1. The van der Waals surface area contributed by atoms with Crippen molar-refractivity contribution < 1.29 is 9.53 Å². The van der Waals surface area contributed by atoms with E-state index in [1.54, 1.807) is 18.4 Å². The van der Waals surface area contributed by atoms with Crippen LogP contribution >= 0.6 is 11.3 Å². The maximum atomic E-state index is 11.3. The fourth-order valence-electron chi connectivity index (χ4n) is 2.94. The van der Waals surface area contributed by atoms with Crippen LogP contribution in [0.25, 0.3) is 11.3 Å². The Bertz CT molecular complexity index is 706. The number of rotatable bonds is 4. The lowest BCUT2D eigenvalue weighted by Gasteiger charge is -2.30. The summed E-state index contributed by atoms with van der Waals surface area (Å²) in [6, 6.07) is 6.10. The van der Waals surface area contributed by atoms with Crippen molar-refractivity contribution >= 4 is 22.4 Å². The highest BCUT2D eigenvalue weighted by Gasteiger charge is 2.24. The number of anilines is 1. The molecule has 1 saturated heterocycles. The van der Waals surface area contributed by atoms with Crippen molar-refractivity contribution in [2.45, 2.75) is 19.8 Å². The van der Waals surface area contributed by atoms with Crippen molar-refractivity contribution in [3.63, 3.8) is 0 Å². The predicted molar refractivity (Wildman–Crippen MR) is 93.0 cm³/mol. The van der Waals surface area contributed by atoms with Gasteiger partial charge in [-0.25, -0.2) is 4.98 Å². The molecule has 0 radical (unpaired) electrons. The van der Waals surface area contributed by atoms with E-state index in [1.807, 2.05) is 19.1 Å². The van der Waals surface area contributed by atoms with Gasteiger partial charge in [-0.15, -0.1) is 11.3 Å². The first kappa shape index (κ1) is 15.8. The molecule has 2 N–H and O–H groups in total. The SMILES string of the molecule is COc1ccc(-c2csc(N3CCC(C(N)=O)CC3)n2)cc1C. The molecule has 1 aromatic carbocycles. The third-order valence-electron chi connectivity index (χ3n) is 4.35. The Balaban J connectivity index is 1.74. The average Bonchev–Trinajstić information content (AvgIpc) is 3.05. The van der Waals surface area contributed by atoms with E-state index in [2.05, 4.69) is 16.3 Å². The zero-order chi connectivity index (χ0) is 16.4. The van der Waals surface area contributed by atoms with Crippen LogP contribution in [-0.2, 0) is 4.79 Å². The number of aromatic nitrogens is 1. The highest BCUT2D eigenvalue weighted by Crippen LogP contribution is 2.32. The quantitative estimate of drug-likeness (QED) is 0.935. The van der Waals surface area contributed by atoms with E-state index >= 15 is 0 Å². The molecule has 0 atom stereocenters. The molecule has 0 saturated carbocycles. The third-order valence-corrected chi connectivity index (χ3v) is 5.25. The molecule has 5 nitrogen and oxygen atoms in total. The van der Waals surface area contributed by atoms with Gasteiger partial charge >= 0.3 is 0 Å². The van der Waals surface area contributed by atoms with Crippen molar-refractivity contribution in [1.82, 2.24) is 4.98 Å². The molecule has 2 aromatic rings. The second kappa shape index (κ2) is 6.58. The second-order valence-electron chi connectivity index (χ2n) is 5.86. The van der Waals surface area contributed by atoms with Gasteiger partial charge in [-0.3, -0.25) is 4.79 Å². The number of aryl methyl sites for hydroxylation is 1. The highest BCUT2D eigenvalue weighted by atomic mass is 32.1. The molecular weight excluding hydrogens is 310 g/mol. The van der Waals surface area contributed by atoms with E-state index in [0.29, 0.717) is 0 Å². The fraction of sp³-hybridized carbons (Fsp3) is 0.412. The number of piperidine rings is 1. The van der Waals surface area contributed by atoms with E-state index in [0.717, 1.165) is 53.6 Å². The van der Waals surface area contributed by atoms with Crippen molar-refractivity contribution in [1.29, 1.82) is 0 Å². The van der Waals surface area contributed by atoms with E-state index in [-0.39, 0.29) is 11.8 Å². The molecule has 0 bridgehead atoms. The van der Waals surface area contributed by atoms with Crippen LogP contribution in [0.1, 0.15) is 18.4 Å². The number of benzene rings is 1. The fourth-order valence-corrected chi connectivity index (χ4v) is 3.82. The van der Waals surface area contributed by atoms with Gasteiger partial charge in [-0.05, 0) is 43.5 Å². The Hall–Kier alpha value is -2.08. The summed E-state index contributed by atoms with van der Waals surface area (Å²) in [6.45, 7) is 3.70. The minimum Gasteiger partial charge on any atom is -0.496 e. The summed E-state index contributed by atoms with van der Waals surface area (Å²) >= 11 is 1.64. The summed E-state index contributed by atoms with van der Waals surface area (Å²) < 4.78 is 5.30. The largest absolute Gasteiger partial charge is 0.496 e. The number of carbonyl (C=O) groups excluding carboxylic acids is 1. The number of amides is 1. The zero-order valence-electron chi connectivity index (χ0n) is 13.4. The standard InChI is InChI=1S/C17H21N3O2S/c1-11-9-13(3-4-15(11)22-2)14-10-23-17(19-14)20-7-5-12(6-8-20)16(18)21/h3-4,9-10,12H,5-8H2,1-2H3,(H2,18,21). The predicted octanol–water partition coefficient (Wildman–Crippen LogP) is 2.83. The molecule has 122 valence electrons. The number of primary amides is 1. The molecule has 23 heavy (non-hydrogen) atoms. The molecule has 0 aliphatic carbocycles. The van der Waals surface area contributed by atoms with Crippen LogP contribution < -0.4 is 15.4 Å². The normalized spacial score (nSPS) is 15.7. The first-order valence-electron chi connectivity index (χ1n) is 7.73. The Labute approximate surface area is 140 Å². The number of carbonyl (C=O) groups is 1. The molecule has 0 spiro atoms. The lowest BCUT2D eigenvalue weighted by Crippen LogP contribution is -2.38. The molecule has 1 aliphatic heterocycles. The monoisotopic (exact) mass is 331 g/mol. The van der Waals surface area contributed by atoms with Gasteiger partial charge < -0.3 is 15.4 Å². The van der Waals surface area contributed by atoms with Crippen LogP contribution in [0.4, 0.5) is 5.13 Å². The Morgan fingerprint density at radius 2 is 2.13 bits per heavy atom. The van der Waals surface area contributed by atoms with Crippen molar-refractivity contribution in [2.75, 3.05) is 25.1 Å². The first-order chi connectivity index (χ1) is 11.1. The summed E-state index contributed by atoms with van der Waals surface area (Å²) in [5.74, 6) is 0.714. The van der Waals surface area contributed by atoms with E-state index in [1.165, 1.54) is 0 Å². The molecular formula is C17H21N3O2S. The number of ether oxygens (including phenoxy) is 1. The van der Waals surface area contributed by atoms with Crippen molar-refractivity contribution in [3.05, 3.63) is 29.1 Å². The molecule has 6 heteroatoms. The van der Waals surface area contributed by atoms with E-state index in [9.17, 15) is 4.79 Å². The van der Waals surface area contributed by atoms with Gasteiger partial charge in [-0.1, -0.05) is 0 Å². The van der Waals surface area contributed by atoms with Gasteiger partial charge in [0.1, 0.15) is 5.75 Å². The Morgan fingerprint density at radius 1 is 1.39 bits per heavy atom. The number of nitrogens with zero attached hydrogens (tertiary/aromatic N) is 2. The topological polar surface area (TPSA) is 68.5 Å². The molecule has 1 aliphatic rings. The molecule has 3 rings (SSSR count). The summed E-state index contributed by atoms with van der Waals surface area (Å²) in [6.07, 6.45) is 1.62. The molecule has 1 amide bonds. The van der Waals surface area contributed by atoms with Crippen LogP contribution in [0.5, 0.6) is 5.75 Å². The zero-order valence-corrected chi connectivity index (χ0v) is 14.2. The van der Waals surface area contributed by atoms with Gasteiger partial charge in [0, 0.05) is 30.0 Å². The molecule has 2 heterocycles. The van der Waals surface area contributed by atoms with E-state index in [4.69, 9.17) is 15.5 Å². The summed E-state index contributed by atoms with van der Waals surface area (Å²) in [5, 5.41) is 3.09. The summed E-state index contributed by atoms with van der Waals surface area (Å²) in [4.78, 5) is 18.2. The van der Waals surface area contributed by atoms with Crippen molar-refractivity contribution in [3.8, 4) is 17.0 Å². The molecule has 1 fully saturated rings. The van der Waals surface area contributed by atoms with Crippen molar-refractivity contribution in [2.24, 2.45) is 11.7 Å². The van der Waals surface area contributed by atoms with Crippen LogP contribution in [-0.4, -0.2) is 31.1 Å². The first-order valence-corrected chi connectivity index (χ1v) is 8.61. The summed E-state index contributed by atoms with van der Waals surface area (Å²) in [7, 11) is 1.68. The maximum Gasteiger partial charge on any atom is 0.220 e. The van der Waals surface area contributed by atoms with Gasteiger partial charge in [0.15, 0.2) is 5.13 Å². The highest BCUT2D eigenvalue weighted by molar-refractivity contribution is 7.14. The molecule has 0 unspecified atom stereocenters. The Kier molecular flexibility index (Phi) is 4.52. The minimum absolute atomic E-state index is 0.00919. The minimum atomic E-state index is -0.182. The Morgan fingerprint density at radius 3 is 2.74 bits per heavy atom.